The molecule has 1 rings (SSSR count). The number of nitrogens with zero attached hydrogens (tertiary/aromatic N) is 2. The van der Waals surface area contributed by atoms with Crippen LogP contribution in [0.15, 0.2) is 0 Å². The predicted molar refractivity (Wildman–Crippen MR) is 51.4 cm³/mol. The molecule has 70 valence electrons. The molecule has 1 aromatic heterocycles. The molecule has 0 spiro atoms. The van der Waals surface area contributed by atoms with E-state index in [0.717, 1.165) is 11.5 Å². The maximum absolute atomic E-state index is 8.69. The van der Waals surface area contributed by atoms with E-state index in [-0.39, 0.29) is 12.4 Å². The Kier molecular flexibility index (Phi) is 3.49. The van der Waals surface area contributed by atoms with Crippen molar-refractivity contribution in [2.75, 3.05) is 24.2 Å². The number of hydrogen-bond donors (Lipinski definition) is 3. The Labute approximate surface area is 80.0 Å². The molecule has 0 saturated carbocycles. The molecule has 0 radical (unpaired) electrons. The van der Waals surface area contributed by atoms with Gasteiger partial charge in [-0.15, -0.1) is 0 Å². The second-order valence-corrected chi connectivity index (χ2v) is 3.16. The average Bonchev–Trinajstić information content (AvgIpc) is 2.47. The van der Waals surface area contributed by atoms with Crippen molar-refractivity contribution in [1.82, 2.24) is 4.37 Å². The first-order valence-corrected chi connectivity index (χ1v) is 4.57. The van der Waals surface area contributed by atoms with Gasteiger partial charge in [0.2, 0.25) is 0 Å². The van der Waals surface area contributed by atoms with Crippen LogP contribution in [0.1, 0.15) is 12.0 Å². The van der Waals surface area contributed by atoms with Gasteiger partial charge in [0, 0.05) is 13.2 Å². The van der Waals surface area contributed by atoms with Crippen molar-refractivity contribution in [2.45, 2.75) is 6.42 Å². The summed E-state index contributed by atoms with van der Waals surface area (Å²) in [5.41, 5.74) is 5.84. The maximum atomic E-state index is 8.69. The normalized spacial score (nSPS) is 9.54. The van der Waals surface area contributed by atoms with E-state index >= 15 is 0 Å². The maximum Gasteiger partial charge on any atom is 0.157 e. The van der Waals surface area contributed by atoms with Gasteiger partial charge >= 0.3 is 0 Å². The molecule has 0 amide bonds. The van der Waals surface area contributed by atoms with Crippen LogP contribution in [0.2, 0.25) is 0 Å². The van der Waals surface area contributed by atoms with Crippen molar-refractivity contribution in [3.8, 4) is 6.07 Å². The Morgan fingerprint density at radius 2 is 2.46 bits per heavy atom. The minimum atomic E-state index is 0.128. The predicted octanol–water partition coefficient (Wildman–Crippen LogP) is 0.391. The summed E-state index contributed by atoms with van der Waals surface area (Å²) in [5, 5.41) is 20.9. The van der Waals surface area contributed by atoms with Gasteiger partial charge in [-0.25, -0.2) is 0 Å². The number of nitrogens with one attached hydrogen (secondary N) is 1. The van der Waals surface area contributed by atoms with Gasteiger partial charge in [0.05, 0.1) is 0 Å². The van der Waals surface area contributed by atoms with Crippen molar-refractivity contribution in [2.24, 2.45) is 0 Å². The van der Waals surface area contributed by atoms with Crippen LogP contribution < -0.4 is 11.1 Å². The summed E-state index contributed by atoms with van der Waals surface area (Å²) in [4.78, 5) is 0. The lowest BCUT2D eigenvalue weighted by atomic mass is 10.3. The summed E-state index contributed by atoms with van der Waals surface area (Å²) in [7, 11) is 0. The standard InChI is InChI=1S/C7H10N4OS/c8-4-5-6(9)11-13-7(5)10-2-1-3-12/h10,12H,1-3H2,(H2,9,11). The van der Waals surface area contributed by atoms with E-state index in [1.54, 1.807) is 0 Å². The highest BCUT2D eigenvalue weighted by Crippen LogP contribution is 2.25. The Morgan fingerprint density at radius 3 is 3.08 bits per heavy atom. The zero-order valence-corrected chi connectivity index (χ0v) is 7.77. The summed E-state index contributed by atoms with van der Waals surface area (Å²) in [6, 6.07) is 1.97. The van der Waals surface area contributed by atoms with Crippen LogP contribution in [0.25, 0.3) is 0 Å². The molecule has 13 heavy (non-hydrogen) atoms. The van der Waals surface area contributed by atoms with Crippen LogP contribution in [-0.2, 0) is 0 Å². The van der Waals surface area contributed by atoms with Crippen LogP contribution in [-0.4, -0.2) is 22.6 Å². The quantitative estimate of drug-likeness (QED) is 0.608. The van der Waals surface area contributed by atoms with Crippen molar-refractivity contribution >= 4 is 22.4 Å². The highest BCUT2D eigenvalue weighted by molar-refractivity contribution is 7.10. The molecule has 0 aliphatic rings. The summed E-state index contributed by atoms with van der Waals surface area (Å²) in [5.74, 6) is 0.263. The number of aliphatic hydroxyl groups is 1. The number of anilines is 2. The molecule has 0 aromatic carbocycles. The van der Waals surface area contributed by atoms with Crippen LogP contribution in [0.5, 0.6) is 0 Å². The van der Waals surface area contributed by atoms with Crippen LogP contribution in [0.3, 0.4) is 0 Å². The smallest absolute Gasteiger partial charge is 0.157 e. The van der Waals surface area contributed by atoms with Gasteiger partial charge in [0.1, 0.15) is 16.6 Å². The molecule has 0 aliphatic heterocycles. The average molecular weight is 198 g/mol. The third-order valence-electron chi connectivity index (χ3n) is 1.45. The summed E-state index contributed by atoms with van der Waals surface area (Å²) >= 11 is 1.16. The van der Waals surface area contributed by atoms with Gasteiger partial charge in [-0.3, -0.25) is 0 Å². The van der Waals surface area contributed by atoms with Crippen molar-refractivity contribution in [3.63, 3.8) is 0 Å². The second kappa shape index (κ2) is 4.64. The third-order valence-corrected chi connectivity index (χ3v) is 2.27. The van der Waals surface area contributed by atoms with Gasteiger partial charge in [0.15, 0.2) is 5.82 Å². The Balaban J connectivity index is 2.62. The highest BCUT2D eigenvalue weighted by atomic mass is 32.1. The van der Waals surface area contributed by atoms with E-state index in [1.807, 2.05) is 6.07 Å². The molecular weight excluding hydrogens is 188 g/mol. The van der Waals surface area contributed by atoms with Crippen LogP contribution in [0.4, 0.5) is 10.8 Å². The van der Waals surface area contributed by atoms with Gasteiger partial charge in [-0.2, -0.15) is 9.64 Å². The summed E-state index contributed by atoms with van der Waals surface area (Å²) < 4.78 is 3.84. The number of rotatable bonds is 4. The lowest BCUT2D eigenvalue weighted by Gasteiger charge is -2.00. The minimum Gasteiger partial charge on any atom is -0.396 e. The molecule has 1 aromatic rings. The molecule has 4 N–H and O–H groups in total. The molecule has 0 atom stereocenters. The van der Waals surface area contributed by atoms with E-state index in [9.17, 15) is 0 Å². The lowest BCUT2D eigenvalue weighted by molar-refractivity contribution is 0.292. The van der Waals surface area contributed by atoms with E-state index in [2.05, 4.69) is 9.69 Å². The first-order valence-electron chi connectivity index (χ1n) is 3.79. The van der Waals surface area contributed by atoms with E-state index in [4.69, 9.17) is 16.1 Å². The Hall–Kier alpha value is -1.32. The lowest BCUT2D eigenvalue weighted by Crippen LogP contribution is -2.03. The SMILES string of the molecule is N#Cc1c(N)nsc1NCCCO. The number of aromatic nitrogens is 1. The molecule has 6 heteroatoms. The van der Waals surface area contributed by atoms with Gasteiger partial charge in [0.25, 0.3) is 0 Å². The highest BCUT2D eigenvalue weighted by Gasteiger charge is 2.09. The zero-order valence-electron chi connectivity index (χ0n) is 6.95. The fourth-order valence-corrected chi connectivity index (χ4v) is 1.50. The van der Waals surface area contributed by atoms with Crippen molar-refractivity contribution < 1.29 is 5.11 Å². The molecule has 0 aliphatic carbocycles. The molecular formula is C7H10N4OS. The Bertz CT molecular complexity index is 317. The molecule has 0 saturated heterocycles. The first-order chi connectivity index (χ1) is 6.29. The van der Waals surface area contributed by atoms with Gasteiger partial charge in [-0.1, -0.05) is 0 Å². The monoisotopic (exact) mass is 198 g/mol. The molecule has 0 fully saturated rings. The van der Waals surface area contributed by atoms with Crippen molar-refractivity contribution in [3.05, 3.63) is 5.56 Å². The van der Waals surface area contributed by atoms with E-state index in [1.165, 1.54) is 0 Å². The number of aliphatic hydroxyl groups excluding tert-OH is 1. The number of nitrogen functional groups attached to an aromatic ring is 1. The van der Waals surface area contributed by atoms with E-state index in [0.29, 0.717) is 23.5 Å². The van der Waals surface area contributed by atoms with Crippen LogP contribution in [0, 0.1) is 11.3 Å². The fraction of sp³-hybridized carbons (Fsp3) is 0.429. The second-order valence-electron chi connectivity index (χ2n) is 2.39. The number of hydrogen-bond acceptors (Lipinski definition) is 6. The van der Waals surface area contributed by atoms with Gasteiger partial charge < -0.3 is 16.2 Å². The van der Waals surface area contributed by atoms with Gasteiger partial charge in [-0.05, 0) is 18.0 Å². The number of nitrogens with two attached hydrogens (primary N) is 1. The fourth-order valence-electron chi connectivity index (χ4n) is 0.812. The number of nitriles is 1. The van der Waals surface area contributed by atoms with Crippen LogP contribution >= 0.6 is 11.5 Å². The minimum absolute atomic E-state index is 0.128. The third kappa shape index (κ3) is 2.31. The molecule has 0 unspecified atom stereocenters. The van der Waals surface area contributed by atoms with E-state index < -0.39 is 0 Å². The Morgan fingerprint density at radius 1 is 1.69 bits per heavy atom. The topological polar surface area (TPSA) is 95.0 Å². The van der Waals surface area contributed by atoms with Crippen molar-refractivity contribution in [1.29, 1.82) is 5.26 Å². The first kappa shape index (κ1) is 9.77. The molecule has 1 heterocycles. The largest absolute Gasteiger partial charge is 0.396 e. The zero-order chi connectivity index (χ0) is 9.68. The molecule has 5 nitrogen and oxygen atoms in total. The summed E-state index contributed by atoms with van der Waals surface area (Å²) in [6.07, 6.45) is 0.642. The summed E-state index contributed by atoms with van der Waals surface area (Å²) in [6.45, 7) is 0.746. The molecule has 0 bridgehead atoms.